The maximum Gasteiger partial charge on any atom is 0.0991 e. The molecule has 0 amide bonds. The van der Waals surface area contributed by atoms with Gasteiger partial charge in [0.1, 0.15) is 0 Å². The molecule has 0 aromatic rings. The lowest BCUT2D eigenvalue weighted by atomic mass is 10.2. The summed E-state index contributed by atoms with van der Waals surface area (Å²) < 4.78 is 5.55. The normalized spacial score (nSPS) is 21.8. The van der Waals surface area contributed by atoms with Crippen LogP contribution in [0.3, 0.4) is 0 Å². The fraction of sp³-hybridized carbons (Fsp3) is 1.00. The zero-order chi connectivity index (χ0) is 11.1. The first-order chi connectivity index (χ1) is 7.27. The van der Waals surface area contributed by atoms with Gasteiger partial charge in [-0.2, -0.15) is 0 Å². The highest BCUT2D eigenvalue weighted by atomic mass is 16.5. The minimum Gasteiger partial charge on any atom is -0.366 e. The second kappa shape index (κ2) is 7.20. The Morgan fingerprint density at radius 2 is 1.80 bits per heavy atom. The summed E-state index contributed by atoms with van der Waals surface area (Å²) in [7, 11) is 0. The van der Waals surface area contributed by atoms with Gasteiger partial charge in [-0.3, -0.25) is 9.80 Å². The first-order valence-corrected chi connectivity index (χ1v) is 6.32. The third kappa shape index (κ3) is 4.49. The van der Waals surface area contributed by atoms with E-state index in [1.54, 1.807) is 0 Å². The van der Waals surface area contributed by atoms with E-state index in [-0.39, 0.29) is 0 Å². The predicted octanol–water partition coefficient (Wildman–Crippen LogP) is 1.79. The summed E-state index contributed by atoms with van der Waals surface area (Å²) in [4.78, 5) is 4.99. The SMILES string of the molecule is CCCOCN1CCN(C(C)CC)CC1. The van der Waals surface area contributed by atoms with Crippen LogP contribution in [-0.4, -0.2) is 55.4 Å². The highest BCUT2D eigenvalue weighted by molar-refractivity contribution is 4.74. The van der Waals surface area contributed by atoms with Crippen molar-refractivity contribution in [3.63, 3.8) is 0 Å². The van der Waals surface area contributed by atoms with E-state index < -0.39 is 0 Å². The Kier molecular flexibility index (Phi) is 6.22. The standard InChI is InChI=1S/C12H26N2O/c1-4-10-15-11-13-6-8-14(9-7-13)12(3)5-2/h12H,4-11H2,1-3H3. The summed E-state index contributed by atoms with van der Waals surface area (Å²) in [5.74, 6) is 0. The summed E-state index contributed by atoms with van der Waals surface area (Å²) in [6.45, 7) is 13.2. The molecule has 3 nitrogen and oxygen atoms in total. The van der Waals surface area contributed by atoms with Crippen LogP contribution in [-0.2, 0) is 4.74 Å². The average Bonchev–Trinajstić information content (AvgIpc) is 2.29. The topological polar surface area (TPSA) is 15.7 Å². The van der Waals surface area contributed by atoms with E-state index in [2.05, 4.69) is 30.6 Å². The molecule has 0 aromatic carbocycles. The van der Waals surface area contributed by atoms with Crippen LogP contribution in [0.2, 0.25) is 0 Å². The Morgan fingerprint density at radius 1 is 1.13 bits per heavy atom. The zero-order valence-electron chi connectivity index (χ0n) is 10.5. The lowest BCUT2D eigenvalue weighted by Gasteiger charge is -2.37. The van der Waals surface area contributed by atoms with E-state index in [9.17, 15) is 0 Å². The van der Waals surface area contributed by atoms with Crippen molar-refractivity contribution in [2.45, 2.75) is 39.7 Å². The molecule has 1 aliphatic heterocycles. The van der Waals surface area contributed by atoms with Gasteiger partial charge in [-0.15, -0.1) is 0 Å². The first-order valence-electron chi connectivity index (χ1n) is 6.32. The Labute approximate surface area is 94.4 Å². The lowest BCUT2D eigenvalue weighted by molar-refractivity contribution is -0.00430. The van der Waals surface area contributed by atoms with Crippen molar-refractivity contribution >= 4 is 0 Å². The average molecular weight is 214 g/mol. The summed E-state index contributed by atoms with van der Waals surface area (Å²) in [6.07, 6.45) is 2.37. The molecule has 1 saturated heterocycles. The molecular formula is C12H26N2O. The number of rotatable bonds is 6. The third-order valence-corrected chi connectivity index (χ3v) is 3.24. The van der Waals surface area contributed by atoms with Gasteiger partial charge in [-0.1, -0.05) is 13.8 Å². The van der Waals surface area contributed by atoms with Gasteiger partial charge in [-0.25, -0.2) is 0 Å². The molecule has 0 aliphatic carbocycles. The van der Waals surface area contributed by atoms with Crippen LogP contribution in [0.4, 0.5) is 0 Å². The maximum absolute atomic E-state index is 5.55. The molecule has 1 unspecified atom stereocenters. The van der Waals surface area contributed by atoms with Crippen molar-refractivity contribution in [1.29, 1.82) is 0 Å². The lowest BCUT2D eigenvalue weighted by Crippen LogP contribution is -2.49. The van der Waals surface area contributed by atoms with Gasteiger partial charge in [0.25, 0.3) is 0 Å². The van der Waals surface area contributed by atoms with E-state index in [0.717, 1.165) is 38.9 Å². The summed E-state index contributed by atoms with van der Waals surface area (Å²) in [5, 5.41) is 0. The van der Waals surface area contributed by atoms with Crippen LogP contribution in [0.1, 0.15) is 33.6 Å². The molecule has 1 rings (SSSR count). The molecule has 1 fully saturated rings. The number of ether oxygens (including phenoxy) is 1. The summed E-state index contributed by atoms with van der Waals surface area (Å²) in [6, 6.07) is 0.740. The summed E-state index contributed by atoms with van der Waals surface area (Å²) in [5.41, 5.74) is 0. The fourth-order valence-corrected chi connectivity index (χ4v) is 1.93. The van der Waals surface area contributed by atoms with Crippen molar-refractivity contribution in [3.8, 4) is 0 Å². The van der Waals surface area contributed by atoms with E-state index in [0.29, 0.717) is 0 Å². The Balaban J connectivity index is 2.12. The zero-order valence-corrected chi connectivity index (χ0v) is 10.5. The molecule has 0 N–H and O–H groups in total. The molecule has 0 bridgehead atoms. The van der Waals surface area contributed by atoms with Crippen molar-refractivity contribution in [1.82, 2.24) is 9.80 Å². The minimum atomic E-state index is 0.740. The smallest absolute Gasteiger partial charge is 0.0991 e. The highest BCUT2D eigenvalue weighted by Crippen LogP contribution is 2.08. The van der Waals surface area contributed by atoms with Gasteiger partial charge >= 0.3 is 0 Å². The second-order valence-corrected chi connectivity index (χ2v) is 4.45. The number of hydrogen-bond donors (Lipinski definition) is 0. The highest BCUT2D eigenvalue weighted by Gasteiger charge is 2.19. The van der Waals surface area contributed by atoms with Crippen molar-refractivity contribution in [2.24, 2.45) is 0 Å². The first kappa shape index (κ1) is 12.9. The third-order valence-electron chi connectivity index (χ3n) is 3.24. The molecule has 0 saturated carbocycles. The number of nitrogens with zero attached hydrogens (tertiary/aromatic N) is 2. The molecule has 0 spiro atoms. The van der Waals surface area contributed by atoms with Crippen molar-refractivity contribution in [2.75, 3.05) is 39.5 Å². The molecule has 3 heteroatoms. The van der Waals surface area contributed by atoms with Gasteiger partial charge in [-0.05, 0) is 19.8 Å². The minimum absolute atomic E-state index is 0.740. The van der Waals surface area contributed by atoms with Gasteiger partial charge in [0.15, 0.2) is 0 Å². The second-order valence-electron chi connectivity index (χ2n) is 4.45. The molecule has 15 heavy (non-hydrogen) atoms. The molecule has 1 atom stereocenters. The van der Waals surface area contributed by atoms with E-state index in [1.165, 1.54) is 19.5 Å². The van der Waals surface area contributed by atoms with Gasteiger partial charge in [0.2, 0.25) is 0 Å². The quantitative estimate of drug-likeness (QED) is 0.627. The Hall–Kier alpha value is -0.120. The van der Waals surface area contributed by atoms with Crippen molar-refractivity contribution < 1.29 is 4.74 Å². The molecule has 0 aromatic heterocycles. The van der Waals surface area contributed by atoms with Crippen LogP contribution in [0, 0.1) is 0 Å². The number of hydrogen-bond acceptors (Lipinski definition) is 3. The molecule has 0 radical (unpaired) electrons. The fourth-order valence-electron chi connectivity index (χ4n) is 1.93. The summed E-state index contributed by atoms with van der Waals surface area (Å²) >= 11 is 0. The molecule has 90 valence electrons. The largest absolute Gasteiger partial charge is 0.366 e. The van der Waals surface area contributed by atoms with Crippen LogP contribution in [0.5, 0.6) is 0 Å². The predicted molar refractivity (Wildman–Crippen MR) is 64.0 cm³/mol. The van der Waals surface area contributed by atoms with Crippen LogP contribution < -0.4 is 0 Å². The molecule has 1 heterocycles. The van der Waals surface area contributed by atoms with E-state index in [1.807, 2.05) is 0 Å². The molecule has 1 aliphatic rings. The van der Waals surface area contributed by atoms with Gasteiger partial charge in [0, 0.05) is 38.8 Å². The molecular weight excluding hydrogens is 188 g/mol. The van der Waals surface area contributed by atoms with Crippen LogP contribution in [0.25, 0.3) is 0 Å². The Bertz CT molecular complexity index is 156. The van der Waals surface area contributed by atoms with Crippen LogP contribution in [0.15, 0.2) is 0 Å². The monoisotopic (exact) mass is 214 g/mol. The van der Waals surface area contributed by atoms with E-state index in [4.69, 9.17) is 4.74 Å². The maximum atomic E-state index is 5.55. The van der Waals surface area contributed by atoms with Crippen LogP contribution >= 0.6 is 0 Å². The Morgan fingerprint density at radius 3 is 2.33 bits per heavy atom. The van der Waals surface area contributed by atoms with Gasteiger partial charge in [0.05, 0.1) is 6.73 Å². The van der Waals surface area contributed by atoms with E-state index >= 15 is 0 Å². The number of piperazine rings is 1. The van der Waals surface area contributed by atoms with Crippen molar-refractivity contribution in [3.05, 3.63) is 0 Å². The van der Waals surface area contributed by atoms with Gasteiger partial charge < -0.3 is 4.74 Å².